The molecule has 81 heavy (non-hydrogen) atoms. The Morgan fingerprint density at radius 1 is 0.370 bits per heavy atom. The second-order valence-electron chi connectivity index (χ2n) is 20.9. The van der Waals surface area contributed by atoms with Crippen molar-refractivity contribution >= 4 is 19.8 Å². The van der Waals surface area contributed by atoms with Gasteiger partial charge in [-0.05, 0) is 116 Å². The van der Waals surface area contributed by atoms with Gasteiger partial charge in [-0.15, -0.1) is 0 Å². The number of ether oxygens (including phenoxy) is 2. The molecule has 0 aliphatic rings. The quantitative estimate of drug-likeness (QED) is 0.0264. The summed E-state index contributed by atoms with van der Waals surface area (Å²) >= 11 is 0. The molecule has 9 nitrogen and oxygen atoms in total. The summed E-state index contributed by atoms with van der Waals surface area (Å²) < 4.78 is 33.1. The van der Waals surface area contributed by atoms with Gasteiger partial charge in [-0.3, -0.25) is 18.6 Å². The zero-order valence-corrected chi connectivity index (χ0v) is 52.4. The van der Waals surface area contributed by atoms with Crippen molar-refractivity contribution in [3.8, 4) is 0 Å². The first-order valence-corrected chi connectivity index (χ1v) is 33.8. The maximum atomic E-state index is 12.8. The van der Waals surface area contributed by atoms with Crippen molar-refractivity contribution < 1.29 is 37.6 Å². The molecule has 0 spiro atoms. The molecule has 10 heteroatoms. The topological polar surface area (TPSA) is 134 Å². The highest BCUT2D eigenvalue weighted by Gasteiger charge is 2.26. The summed E-state index contributed by atoms with van der Waals surface area (Å²) in [5.74, 6) is -0.843. The lowest BCUT2D eigenvalue weighted by molar-refractivity contribution is -0.161. The molecule has 0 aliphatic heterocycles. The van der Waals surface area contributed by atoms with Gasteiger partial charge in [0.15, 0.2) is 6.10 Å². The van der Waals surface area contributed by atoms with E-state index < -0.39 is 32.5 Å². The smallest absolute Gasteiger partial charge is 0.462 e. The number of phosphoric acid groups is 1. The summed E-state index contributed by atoms with van der Waals surface area (Å²) in [6, 6.07) is 0. The van der Waals surface area contributed by atoms with Crippen LogP contribution in [-0.4, -0.2) is 49.3 Å². The van der Waals surface area contributed by atoms with Gasteiger partial charge in [0.1, 0.15) is 6.61 Å². The predicted molar refractivity (Wildman–Crippen MR) is 348 cm³/mol. The van der Waals surface area contributed by atoms with E-state index in [1.54, 1.807) is 0 Å². The van der Waals surface area contributed by atoms with Gasteiger partial charge in [0.25, 0.3) is 0 Å². The third-order valence-electron chi connectivity index (χ3n) is 13.2. The highest BCUT2D eigenvalue weighted by Crippen LogP contribution is 2.43. The molecule has 460 valence electrons. The van der Waals surface area contributed by atoms with Crippen molar-refractivity contribution in [1.82, 2.24) is 0 Å². The van der Waals surface area contributed by atoms with Crippen LogP contribution >= 0.6 is 7.82 Å². The molecule has 0 rings (SSSR count). The Morgan fingerprint density at radius 2 is 0.642 bits per heavy atom. The van der Waals surface area contributed by atoms with E-state index in [1.807, 2.05) is 0 Å². The Bertz CT molecular complexity index is 1830. The molecule has 0 saturated heterocycles. The third kappa shape index (κ3) is 64.9. The molecule has 3 N–H and O–H groups in total. The number of rotatable bonds is 59. The van der Waals surface area contributed by atoms with E-state index in [0.717, 1.165) is 128 Å². The van der Waals surface area contributed by atoms with Crippen molar-refractivity contribution in [2.75, 3.05) is 26.4 Å². The molecule has 0 heterocycles. The number of hydrogen-bond donors (Lipinski definition) is 2. The Morgan fingerprint density at radius 3 is 0.951 bits per heavy atom. The Balaban J connectivity index is 3.97. The largest absolute Gasteiger partial charge is 0.472 e. The van der Waals surface area contributed by atoms with Crippen LogP contribution in [0.1, 0.15) is 258 Å². The van der Waals surface area contributed by atoms with Crippen molar-refractivity contribution in [2.24, 2.45) is 5.73 Å². The molecule has 0 fully saturated rings. The van der Waals surface area contributed by atoms with Crippen LogP contribution in [-0.2, 0) is 32.7 Å². The highest BCUT2D eigenvalue weighted by molar-refractivity contribution is 7.47. The standard InChI is InChI=1S/C71H118NO8P/c1-3-5-7-9-11-13-15-17-19-21-23-25-27-29-31-32-33-34-35-36-38-40-42-44-46-48-50-52-54-56-58-60-62-64-71(74)80-69(68-79-81(75,76)78-66-65-72)67-77-70(73)63-61-59-57-55-53-51-49-47-45-43-41-39-37-30-28-26-24-22-20-18-16-14-12-10-8-6-4-2/h5-8,11-14,17-20,23-26,29-31,33-34,37,41,43,69H,3-4,9-10,15-16,21-22,27-28,32,35-36,38-40,42,44-68,72H2,1-2H3,(H,75,76)/b7-5-,8-6-,13-11-,14-12-,19-17-,20-18-,25-23-,26-24-,31-29-,34-33-,37-30-,43-41-. The Hall–Kier alpha value is -4.11. The number of esters is 2. The number of carbonyl (C=O) groups is 2. The molecule has 2 atom stereocenters. The minimum Gasteiger partial charge on any atom is -0.462 e. The fourth-order valence-electron chi connectivity index (χ4n) is 8.53. The van der Waals surface area contributed by atoms with Crippen LogP contribution in [0.3, 0.4) is 0 Å². The second kappa shape index (κ2) is 65.0. The Labute approximate surface area is 496 Å². The van der Waals surface area contributed by atoms with Crippen molar-refractivity contribution in [3.63, 3.8) is 0 Å². The molecular weight excluding hydrogens is 1030 g/mol. The minimum absolute atomic E-state index is 0.0454. The molecule has 0 aromatic carbocycles. The van der Waals surface area contributed by atoms with Crippen LogP contribution < -0.4 is 5.73 Å². The van der Waals surface area contributed by atoms with E-state index in [0.29, 0.717) is 6.42 Å². The fourth-order valence-corrected chi connectivity index (χ4v) is 9.29. The van der Waals surface area contributed by atoms with Gasteiger partial charge in [-0.25, -0.2) is 4.57 Å². The lowest BCUT2D eigenvalue weighted by Gasteiger charge is -2.19. The number of carbonyl (C=O) groups excluding carboxylic acids is 2. The maximum Gasteiger partial charge on any atom is 0.472 e. The average Bonchev–Trinajstić information content (AvgIpc) is 3.46. The second-order valence-corrected chi connectivity index (χ2v) is 22.3. The van der Waals surface area contributed by atoms with Crippen LogP contribution in [0.15, 0.2) is 146 Å². The third-order valence-corrected chi connectivity index (χ3v) is 14.2. The van der Waals surface area contributed by atoms with Crippen LogP contribution in [0.4, 0.5) is 0 Å². The maximum absolute atomic E-state index is 12.8. The highest BCUT2D eigenvalue weighted by atomic mass is 31.2. The van der Waals surface area contributed by atoms with Gasteiger partial charge >= 0.3 is 19.8 Å². The van der Waals surface area contributed by atoms with E-state index in [9.17, 15) is 19.0 Å². The van der Waals surface area contributed by atoms with Gasteiger partial charge < -0.3 is 20.1 Å². The van der Waals surface area contributed by atoms with Gasteiger partial charge in [0.2, 0.25) is 0 Å². The molecule has 0 amide bonds. The number of unbranched alkanes of at least 4 members (excludes halogenated alkanes) is 22. The SMILES string of the molecule is CC/C=C\C/C=C\C/C=C\C/C=C\C/C=C\C/C=C\CCCCCCCCCCCCCCCCC(=O)OC(COC(=O)CCCCCCCCCC/C=C\C/C=C\C/C=C\C/C=C\C/C=C\C/C=C\CC)COP(=O)(O)OCCN. The van der Waals surface area contributed by atoms with Crippen molar-refractivity contribution in [3.05, 3.63) is 146 Å². The Kier molecular flexibility index (Phi) is 61.7. The van der Waals surface area contributed by atoms with Gasteiger partial charge in [-0.1, -0.05) is 275 Å². The lowest BCUT2D eigenvalue weighted by atomic mass is 10.0. The van der Waals surface area contributed by atoms with E-state index in [4.69, 9.17) is 24.3 Å². The number of allylic oxidation sites excluding steroid dienone is 24. The first-order chi connectivity index (χ1) is 39.8. The monoisotopic (exact) mass is 1140 g/mol. The first-order valence-electron chi connectivity index (χ1n) is 32.3. The summed E-state index contributed by atoms with van der Waals surface area (Å²) in [6.45, 7) is 3.51. The zero-order chi connectivity index (χ0) is 58.7. The van der Waals surface area contributed by atoms with Gasteiger partial charge in [0, 0.05) is 19.4 Å². The molecule has 0 radical (unpaired) electrons. The summed E-state index contributed by atoms with van der Waals surface area (Å²) in [5.41, 5.74) is 5.39. The predicted octanol–water partition coefficient (Wildman–Crippen LogP) is 21.1. The molecule has 2 unspecified atom stereocenters. The van der Waals surface area contributed by atoms with E-state index in [-0.39, 0.29) is 32.6 Å². The number of phosphoric ester groups is 1. The zero-order valence-electron chi connectivity index (χ0n) is 51.5. The van der Waals surface area contributed by atoms with Crippen LogP contribution in [0.2, 0.25) is 0 Å². The summed E-state index contributed by atoms with van der Waals surface area (Å²) in [5, 5.41) is 0. The molecule has 0 aliphatic carbocycles. The molecular formula is C71H118NO8P. The molecule has 0 aromatic rings. The summed E-state index contributed by atoms with van der Waals surface area (Å²) in [4.78, 5) is 35.3. The summed E-state index contributed by atoms with van der Waals surface area (Å²) in [6.07, 6.45) is 93.4. The minimum atomic E-state index is -4.40. The van der Waals surface area contributed by atoms with Gasteiger partial charge in [0.05, 0.1) is 13.2 Å². The van der Waals surface area contributed by atoms with E-state index in [2.05, 4.69) is 160 Å². The lowest BCUT2D eigenvalue weighted by Crippen LogP contribution is -2.29. The van der Waals surface area contributed by atoms with Crippen LogP contribution in [0, 0.1) is 0 Å². The van der Waals surface area contributed by atoms with Gasteiger partial charge in [-0.2, -0.15) is 0 Å². The average molecular weight is 1140 g/mol. The molecule has 0 aromatic heterocycles. The normalized spacial score (nSPS) is 14.0. The van der Waals surface area contributed by atoms with E-state index >= 15 is 0 Å². The van der Waals surface area contributed by atoms with Crippen LogP contribution in [0.5, 0.6) is 0 Å². The summed E-state index contributed by atoms with van der Waals surface area (Å²) in [7, 11) is -4.40. The number of nitrogens with two attached hydrogens (primary N) is 1. The fraction of sp³-hybridized carbons (Fsp3) is 0.634. The van der Waals surface area contributed by atoms with Crippen molar-refractivity contribution in [1.29, 1.82) is 0 Å². The number of hydrogen-bond acceptors (Lipinski definition) is 8. The van der Waals surface area contributed by atoms with Crippen molar-refractivity contribution in [2.45, 2.75) is 264 Å². The first kappa shape index (κ1) is 76.9. The van der Waals surface area contributed by atoms with E-state index in [1.165, 1.54) is 96.3 Å². The molecule has 0 bridgehead atoms. The van der Waals surface area contributed by atoms with Crippen LogP contribution in [0.25, 0.3) is 0 Å². The molecule has 0 saturated carbocycles.